The van der Waals surface area contributed by atoms with E-state index in [0.29, 0.717) is 50.2 Å². The first-order chi connectivity index (χ1) is 26.4. The van der Waals surface area contributed by atoms with Crippen molar-refractivity contribution in [1.82, 2.24) is 0 Å². The topological polar surface area (TPSA) is 217 Å². The van der Waals surface area contributed by atoms with Crippen molar-refractivity contribution in [2.45, 2.75) is 190 Å². The highest BCUT2D eigenvalue weighted by molar-refractivity contribution is 5.65. The standard InChI is InChI=1S/C42H75N3O10/c1-25-21-41(12-4-5-13-41)42(23-38(49)50,22-27-10-14-44-37(43)17-27)36(45-25)24-54-35-19-28(18-34(53-3)39(35)51)40-30(11-15-46)32(48)20-29(55-40)8-6-26-7-9-31(47)33(16-26)52-2/h25-37,39-40,44-48,51H,4-24,43H2,1-3H3,(H,49,50)/p+1/t25-,26?,27?,28?,29+,30+,31?,32+,33?,34?,35?,36+,37?,39?,40+,42-/m1/s1. The number of nitrogens with two attached hydrogens (primary N) is 3. The Morgan fingerprint density at radius 1 is 0.909 bits per heavy atom. The van der Waals surface area contributed by atoms with Crippen molar-refractivity contribution in [2.24, 2.45) is 40.2 Å². The largest absolute Gasteiger partial charge is 0.550 e. The lowest BCUT2D eigenvalue weighted by molar-refractivity contribution is -0.752. The third-order valence-electron chi connectivity index (χ3n) is 15.7. The first-order valence-corrected chi connectivity index (χ1v) is 22.0. The molecule has 0 radical (unpaired) electrons. The molecule has 0 aromatic heterocycles. The van der Waals surface area contributed by atoms with Crippen LogP contribution in [-0.4, -0.2) is 127 Å². The lowest BCUT2D eigenvalue weighted by Gasteiger charge is -2.58. The monoisotopic (exact) mass is 783 g/mol. The summed E-state index contributed by atoms with van der Waals surface area (Å²) in [5.74, 6) is -0.588. The number of carbonyl (C=O) groups is 1. The van der Waals surface area contributed by atoms with Gasteiger partial charge in [0.1, 0.15) is 18.3 Å². The highest BCUT2D eigenvalue weighted by atomic mass is 16.5. The van der Waals surface area contributed by atoms with E-state index >= 15 is 0 Å². The first kappa shape index (κ1) is 43.6. The maximum atomic E-state index is 12.8. The Hall–Kier alpha value is -0.970. The summed E-state index contributed by atoms with van der Waals surface area (Å²) < 4.78 is 25.3. The molecule has 0 amide bonds. The molecule has 3 aliphatic carbocycles. The number of ether oxygens (including phenoxy) is 4. The van der Waals surface area contributed by atoms with Crippen LogP contribution in [-0.2, 0) is 23.7 Å². The van der Waals surface area contributed by atoms with Crippen LogP contribution >= 0.6 is 0 Å². The lowest BCUT2D eigenvalue weighted by Crippen LogP contribution is -3.02. The van der Waals surface area contributed by atoms with E-state index in [1.165, 1.54) is 0 Å². The van der Waals surface area contributed by atoms with E-state index in [-0.39, 0.29) is 60.8 Å². The van der Waals surface area contributed by atoms with Crippen molar-refractivity contribution >= 4 is 5.97 Å². The Bertz CT molecular complexity index is 1210. The van der Waals surface area contributed by atoms with Crippen LogP contribution < -0.4 is 21.5 Å². The number of methoxy groups -OCH3 is 2. The van der Waals surface area contributed by atoms with E-state index in [1.54, 1.807) is 14.2 Å². The van der Waals surface area contributed by atoms with Crippen molar-refractivity contribution in [1.29, 1.82) is 0 Å². The number of aliphatic hydroxyl groups is 4. The van der Waals surface area contributed by atoms with Crippen LogP contribution in [0.5, 0.6) is 0 Å². The molecule has 0 bridgehead atoms. The van der Waals surface area contributed by atoms with E-state index in [4.69, 9.17) is 24.7 Å². The van der Waals surface area contributed by atoms with Crippen LogP contribution in [0.2, 0.25) is 0 Å². The van der Waals surface area contributed by atoms with Crippen molar-refractivity contribution in [3.8, 4) is 0 Å². The average molecular weight is 783 g/mol. The summed E-state index contributed by atoms with van der Waals surface area (Å²) in [6.07, 6.45) is 10.5. The van der Waals surface area contributed by atoms with Gasteiger partial charge in [-0.25, -0.2) is 0 Å². The molecule has 0 aromatic rings. The van der Waals surface area contributed by atoms with Gasteiger partial charge in [-0.3, -0.25) is 5.73 Å². The number of carboxylic acid groups (broad SMARTS) is 1. The number of carboxylic acids is 1. The Balaban J connectivity index is 1.20. The van der Waals surface area contributed by atoms with Crippen LogP contribution in [0.1, 0.15) is 122 Å². The van der Waals surface area contributed by atoms with Crippen molar-refractivity contribution in [2.75, 3.05) is 34.0 Å². The zero-order valence-corrected chi connectivity index (χ0v) is 34.0. The summed E-state index contributed by atoms with van der Waals surface area (Å²) >= 11 is 0. The molecule has 10 N–H and O–H groups in total. The van der Waals surface area contributed by atoms with Crippen molar-refractivity contribution in [3.63, 3.8) is 0 Å². The van der Waals surface area contributed by atoms with Crippen LogP contribution in [0, 0.1) is 34.5 Å². The lowest BCUT2D eigenvalue weighted by atomic mass is 9.50. The van der Waals surface area contributed by atoms with Gasteiger partial charge in [-0.2, -0.15) is 0 Å². The minimum Gasteiger partial charge on any atom is -0.550 e. The first-order valence-electron chi connectivity index (χ1n) is 22.0. The number of piperidine rings is 2. The van der Waals surface area contributed by atoms with Gasteiger partial charge >= 0.3 is 0 Å². The Morgan fingerprint density at radius 3 is 2.35 bits per heavy atom. The molecule has 3 saturated heterocycles. The minimum atomic E-state index is -1.000. The molecule has 16 atom stereocenters. The number of carbonyl (C=O) groups excluding carboxylic acids is 1. The van der Waals surface area contributed by atoms with Crippen LogP contribution in [0.4, 0.5) is 0 Å². The van der Waals surface area contributed by atoms with Gasteiger partial charge in [-0.05, 0) is 120 Å². The summed E-state index contributed by atoms with van der Waals surface area (Å²) in [5, 5.41) is 61.0. The Morgan fingerprint density at radius 2 is 1.65 bits per heavy atom. The van der Waals surface area contributed by atoms with Gasteiger partial charge in [0.05, 0.1) is 61.9 Å². The molecule has 6 aliphatic rings. The van der Waals surface area contributed by atoms with Gasteiger partial charge < -0.3 is 59.9 Å². The summed E-state index contributed by atoms with van der Waals surface area (Å²) in [5.41, 5.74) is 5.82. The molecule has 3 aliphatic heterocycles. The van der Waals surface area contributed by atoms with Gasteiger partial charge in [0, 0.05) is 51.0 Å². The van der Waals surface area contributed by atoms with E-state index in [1.807, 2.05) is 0 Å². The minimum absolute atomic E-state index is 0.00182. The van der Waals surface area contributed by atoms with Crippen LogP contribution in [0.15, 0.2) is 0 Å². The van der Waals surface area contributed by atoms with Crippen molar-refractivity contribution in [3.05, 3.63) is 0 Å². The smallest absolute Gasteiger partial charge is 0.137 e. The number of hydrogen-bond donors (Lipinski definition) is 7. The van der Waals surface area contributed by atoms with Crippen LogP contribution in [0.25, 0.3) is 0 Å². The zero-order chi connectivity index (χ0) is 39.3. The third-order valence-corrected chi connectivity index (χ3v) is 15.7. The summed E-state index contributed by atoms with van der Waals surface area (Å²) in [7, 11) is 3.27. The van der Waals surface area contributed by atoms with E-state index in [0.717, 1.165) is 90.0 Å². The average Bonchev–Trinajstić information content (AvgIpc) is 3.62. The van der Waals surface area contributed by atoms with E-state index in [9.17, 15) is 30.3 Å². The number of rotatable bonds is 15. The van der Waals surface area contributed by atoms with E-state index in [2.05, 4.69) is 17.6 Å². The molecule has 0 aromatic carbocycles. The van der Waals surface area contributed by atoms with Gasteiger partial charge in [0.25, 0.3) is 0 Å². The predicted octanol–water partition coefficient (Wildman–Crippen LogP) is -0.310. The van der Waals surface area contributed by atoms with Crippen LogP contribution in [0.3, 0.4) is 0 Å². The number of quaternary nitrogens is 2. The van der Waals surface area contributed by atoms with Gasteiger partial charge in [-0.15, -0.1) is 0 Å². The summed E-state index contributed by atoms with van der Waals surface area (Å²) in [4.78, 5) is 12.8. The van der Waals surface area contributed by atoms with E-state index < -0.39 is 41.9 Å². The molecule has 55 heavy (non-hydrogen) atoms. The molecule has 1 spiro atoms. The second-order valence-electron chi connectivity index (χ2n) is 19.1. The molecule has 6 rings (SSSR count). The summed E-state index contributed by atoms with van der Waals surface area (Å²) in [6.45, 7) is 3.46. The van der Waals surface area contributed by atoms with Crippen molar-refractivity contribution < 1.29 is 59.9 Å². The molecule has 318 valence electrons. The maximum absolute atomic E-state index is 12.8. The molecule has 9 unspecified atom stereocenters. The molecule has 13 nitrogen and oxygen atoms in total. The van der Waals surface area contributed by atoms with Gasteiger partial charge in [0.15, 0.2) is 0 Å². The molecule has 6 fully saturated rings. The quantitative estimate of drug-likeness (QED) is 0.114. The molecular weight excluding hydrogens is 706 g/mol. The molecule has 3 saturated carbocycles. The predicted molar refractivity (Wildman–Crippen MR) is 202 cm³/mol. The summed E-state index contributed by atoms with van der Waals surface area (Å²) in [6, 6.07) is 0.187. The zero-order valence-electron chi connectivity index (χ0n) is 34.0. The second-order valence-corrected chi connectivity index (χ2v) is 19.1. The third kappa shape index (κ3) is 9.91. The fourth-order valence-corrected chi connectivity index (χ4v) is 13.1. The molecule has 3 heterocycles. The number of aliphatic carboxylic acids is 1. The molecule has 13 heteroatoms. The Labute approximate surface area is 329 Å². The fourth-order valence-electron chi connectivity index (χ4n) is 13.1. The normalized spacial score (nSPS) is 45.1. The Kier molecular flexibility index (Phi) is 15.4. The fraction of sp³-hybridized carbons (Fsp3) is 0.976. The second kappa shape index (κ2) is 19.4. The maximum Gasteiger partial charge on any atom is 0.137 e. The number of aliphatic hydroxyl groups excluding tert-OH is 4. The van der Waals surface area contributed by atoms with Gasteiger partial charge in [0.2, 0.25) is 0 Å². The SMILES string of the molecule is COC1CC(CC[C@H]2C[C@H](O)[C@H](CCO)[C@H](C3CC(OC)C(O)C(OC[C@@H]4[NH2+][C@H](C)CC5(CCCC5)[C@@]4(CC(=O)[O-])CC4CC[NH2+]C(N)C4)C3)O2)CCC1O. The highest BCUT2D eigenvalue weighted by Crippen LogP contribution is 2.61. The highest BCUT2D eigenvalue weighted by Gasteiger charge is 2.62. The number of hydrogen-bond acceptors (Lipinski definition) is 11. The molecular formula is C42H76N3O10+. The van der Waals surface area contributed by atoms with Gasteiger partial charge in [-0.1, -0.05) is 12.8 Å².